The van der Waals surface area contributed by atoms with Crippen LogP contribution in [0.3, 0.4) is 0 Å². The van der Waals surface area contributed by atoms with Crippen molar-refractivity contribution >= 4 is 39.3 Å². The van der Waals surface area contributed by atoms with E-state index in [1.54, 1.807) is 23.1 Å². The van der Waals surface area contributed by atoms with Crippen LogP contribution in [0.1, 0.15) is 36.5 Å². The molecule has 0 aliphatic heterocycles. The van der Waals surface area contributed by atoms with E-state index in [2.05, 4.69) is 28.2 Å². The number of ether oxygens (including phenoxy) is 1. The van der Waals surface area contributed by atoms with Gasteiger partial charge in [0.2, 0.25) is 5.91 Å². The highest BCUT2D eigenvalue weighted by molar-refractivity contribution is 9.10. The smallest absolute Gasteiger partial charge is 0.261 e. The SMILES string of the molecule is CCCCNC(=O)C(Cc1ccccc1)N(Cc1ccc(Br)cc1)C(=O)COc1ccc(Cl)c(C)c1. The fourth-order valence-corrected chi connectivity index (χ4v) is 4.16. The predicted octanol–water partition coefficient (Wildman–Crippen LogP) is 6.35. The van der Waals surface area contributed by atoms with Crippen molar-refractivity contribution in [3.05, 3.63) is 99.0 Å². The van der Waals surface area contributed by atoms with Gasteiger partial charge in [0.1, 0.15) is 11.8 Å². The van der Waals surface area contributed by atoms with Crippen molar-refractivity contribution < 1.29 is 14.3 Å². The summed E-state index contributed by atoms with van der Waals surface area (Å²) in [6.07, 6.45) is 2.25. The first-order chi connectivity index (χ1) is 17.4. The molecule has 0 fully saturated rings. The fraction of sp³-hybridized carbons (Fsp3) is 0.310. The molecule has 5 nitrogen and oxygen atoms in total. The van der Waals surface area contributed by atoms with Crippen molar-refractivity contribution in [1.29, 1.82) is 0 Å². The number of nitrogens with one attached hydrogen (secondary N) is 1. The van der Waals surface area contributed by atoms with Gasteiger partial charge in [-0.25, -0.2) is 0 Å². The molecule has 1 unspecified atom stereocenters. The van der Waals surface area contributed by atoms with Crippen LogP contribution >= 0.6 is 27.5 Å². The number of carbonyl (C=O) groups is 2. The van der Waals surface area contributed by atoms with Crippen LogP contribution in [0.5, 0.6) is 5.75 Å². The van der Waals surface area contributed by atoms with Crippen LogP contribution in [0.15, 0.2) is 77.3 Å². The van der Waals surface area contributed by atoms with Gasteiger partial charge in [0, 0.05) is 29.0 Å². The topological polar surface area (TPSA) is 58.6 Å². The van der Waals surface area contributed by atoms with Crippen molar-refractivity contribution in [2.45, 2.75) is 45.7 Å². The molecule has 3 aromatic carbocycles. The maximum atomic E-state index is 13.6. The molecule has 0 spiro atoms. The Kier molecular flexibility index (Phi) is 10.8. The summed E-state index contributed by atoms with van der Waals surface area (Å²) in [5.41, 5.74) is 2.77. The molecule has 0 bridgehead atoms. The number of hydrogen-bond donors (Lipinski definition) is 1. The fourth-order valence-electron chi connectivity index (χ4n) is 3.78. The third-order valence-corrected chi connectivity index (χ3v) is 6.81. The minimum absolute atomic E-state index is 0.167. The van der Waals surface area contributed by atoms with Crippen molar-refractivity contribution in [2.75, 3.05) is 13.2 Å². The van der Waals surface area contributed by atoms with E-state index >= 15 is 0 Å². The molecule has 0 aliphatic carbocycles. The zero-order valence-corrected chi connectivity index (χ0v) is 23.0. The Hall–Kier alpha value is -2.83. The van der Waals surface area contributed by atoms with Crippen LogP contribution < -0.4 is 10.1 Å². The first-order valence-electron chi connectivity index (χ1n) is 12.1. The number of rotatable bonds is 12. The van der Waals surface area contributed by atoms with Gasteiger partial charge in [-0.05, 0) is 60.4 Å². The lowest BCUT2D eigenvalue weighted by Crippen LogP contribution is -2.51. The van der Waals surface area contributed by atoms with Crippen LogP contribution in [0, 0.1) is 6.92 Å². The summed E-state index contributed by atoms with van der Waals surface area (Å²) in [7, 11) is 0. The van der Waals surface area contributed by atoms with Gasteiger partial charge in [0.15, 0.2) is 6.61 Å². The van der Waals surface area contributed by atoms with Gasteiger partial charge in [0.25, 0.3) is 5.91 Å². The third-order valence-electron chi connectivity index (χ3n) is 5.86. The van der Waals surface area contributed by atoms with E-state index in [0.717, 1.165) is 34.0 Å². The second-order valence-electron chi connectivity index (χ2n) is 8.70. The van der Waals surface area contributed by atoms with Crippen LogP contribution in [-0.2, 0) is 22.6 Å². The number of benzene rings is 3. The maximum Gasteiger partial charge on any atom is 0.261 e. The second kappa shape index (κ2) is 14.0. The molecule has 0 aliphatic rings. The zero-order chi connectivity index (χ0) is 25.9. The zero-order valence-electron chi connectivity index (χ0n) is 20.7. The van der Waals surface area contributed by atoms with Crippen molar-refractivity contribution in [3.8, 4) is 5.75 Å². The monoisotopic (exact) mass is 570 g/mol. The molecule has 0 aromatic heterocycles. The minimum atomic E-state index is -0.684. The number of halogens is 2. The first kappa shape index (κ1) is 27.8. The third kappa shape index (κ3) is 8.38. The van der Waals surface area contributed by atoms with Gasteiger partial charge in [-0.1, -0.05) is 83.3 Å². The van der Waals surface area contributed by atoms with E-state index in [9.17, 15) is 9.59 Å². The van der Waals surface area contributed by atoms with Crippen molar-refractivity contribution in [3.63, 3.8) is 0 Å². The molecule has 190 valence electrons. The van der Waals surface area contributed by atoms with E-state index in [0.29, 0.717) is 23.7 Å². The number of carbonyl (C=O) groups excluding carboxylic acids is 2. The summed E-state index contributed by atoms with van der Waals surface area (Å²) in [5.74, 6) is 0.123. The number of amides is 2. The highest BCUT2D eigenvalue weighted by atomic mass is 79.9. The molecule has 0 saturated carbocycles. The Morgan fingerprint density at radius 1 is 1.03 bits per heavy atom. The highest BCUT2D eigenvalue weighted by Crippen LogP contribution is 2.22. The molecule has 3 rings (SSSR count). The standard InChI is InChI=1S/C29H32BrClN2O3/c1-3-4-16-32-29(35)27(18-22-8-6-5-7-9-22)33(19-23-10-12-24(30)13-11-23)28(34)20-36-25-14-15-26(31)21(2)17-25/h5-15,17,27H,3-4,16,18-20H2,1-2H3,(H,32,35). The molecule has 1 atom stereocenters. The summed E-state index contributed by atoms with van der Waals surface area (Å²) >= 11 is 9.58. The van der Waals surface area contributed by atoms with Crippen LogP contribution in [0.4, 0.5) is 0 Å². The summed E-state index contributed by atoms with van der Waals surface area (Å²) in [6.45, 7) is 4.63. The molecular formula is C29H32BrClN2O3. The lowest BCUT2D eigenvalue weighted by Gasteiger charge is -2.31. The average Bonchev–Trinajstić information content (AvgIpc) is 2.88. The normalized spacial score (nSPS) is 11.6. The molecule has 2 amide bonds. The maximum absolute atomic E-state index is 13.6. The molecule has 1 N–H and O–H groups in total. The summed E-state index contributed by atoms with van der Waals surface area (Å²) in [4.78, 5) is 28.6. The summed E-state index contributed by atoms with van der Waals surface area (Å²) < 4.78 is 6.78. The summed E-state index contributed by atoms with van der Waals surface area (Å²) in [5, 5.41) is 3.66. The number of aryl methyl sites for hydroxylation is 1. The lowest BCUT2D eigenvalue weighted by molar-refractivity contribution is -0.142. The van der Waals surface area contributed by atoms with Gasteiger partial charge >= 0.3 is 0 Å². The minimum Gasteiger partial charge on any atom is -0.484 e. The van der Waals surface area contributed by atoms with Crippen LogP contribution in [0.25, 0.3) is 0 Å². The van der Waals surface area contributed by atoms with E-state index in [4.69, 9.17) is 16.3 Å². The Morgan fingerprint density at radius 3 is 2.42 bits per heavy atom. The average molecular weight is 572 g/mol. The van der Waals surface area contributed by atoms with E-state index < -0.39 is 6.04 Å². The summed E-state index contributed by atoms with van der Waals surface area (Å²) in [6, 6.07) is 22.1. The van der Waals surface area contributed by atoms with E-state index in [1.165, 1.54) is 0 Å². The van der Waals surface area contributed by atoms with Crippen molar-refractivity contribution in [2.24, 2.45) is 0 Å². The van der Waals surface area contributed by atoms with Crippen LogP contribution in [-0.4, -0.2) is 35.9 Å². The van der Waals surface area contributed by atoms with Crippen molar-refractivity contribution in [1.82, 2.24) is 10.2 Å². The number of unbranched alkanes of at least 4 members (excludes halogenated alkanes) is 1. The molecule has 3 aromatic rings. The Balaban J connectivity index is 1.88. The van der Waals surface area contributed by atoms with Gasteiger partial charge in [-0.3, -0.25) is 9.59 Å². The predicted molar refractivity (Wildman–Crippen MR) is 148 cm³/mol. The largest absolute Gasteiger partial charge is 0.484 e. The first-order valence-corrected chi connectivity index (χ1v) is 13.3. The molecule has 0 heterocycles. The quantitative estimate of drug-likeness (QED) is 0.258. The molecule has 7 heteroatoms. The Labute approximate surface area is 226 Å². The number of nitrogens with zero attached hydrogens (tertiary/aromatic N) is 1. The van der Waals surface area contributed by atoms with E-state index in [-0.39, 0.29) is 25.0 Å². The lowest BCUT2D eigenvalue weighted by atomic mass is 10.0. The molecule has 0 radical (unpaired) electrons. The Bertz CT molecular complexity index is 1140. The van der Waals surface area contributed by atoms with Gasteiger partial charge in [0.05, 0.1) is 0 Å². The van der Waals surface area contributed by atoms with Crippen LogP contribution in [0.2, 0.25) is 5.02 Å². The Morgan fingerprint density at radius 2 is 1.75 bits per heavy atom. The second-order valence-corrected chi connectivity index (χ2v) is 10.0. The molecular weight excluding hydrogens is 540 g/mol. The highest BCUT2D eigenvalue weighted by Gasteiger charge is 2.30. The molecule has 0 saturated heterocycles. The van der Waals surface area contributed by atoms with Gasteiger partial charge in [-0.2, -0.15) is 0 Å². The molecule has 36 heavy (non-hydrogen) atoms. The number of hydrogen-bond acceptors (Lipinski definition) is 3. The van der Waals surface area contributed by atoms with E-state index in [1.807, 2.05) is 61.5 Å². The van der Waals surface area contributed by atoms with Gasteiger partial charge in [-0.15, -0.1) is 0 Å². The van der Waals surface area contributed by atoms with Gasteiger partial charge < -0.3 is 15.0 Å².